The topological polar surface area (TPSA) is 72.5 Å². The van der Waals surface area contributed by atoms with Gasteiger partial charge in [0.25, 0.3) is 0 Å². The lowest BCUT2D eigenvalue weighted by molar-refractivity contribution is 0.159. The van der Waals surface area contributed by atoms with Gasteiger partial charge in [-0.3, -0.25) is 0 Å². The molecule has 0 aliphatic heterocycles. The van der Waals surface area contributed by atoms with Crippen molar-refractivity contribution in [2.24, 2.45) is 0 Å². The van der Waals surface area contributed by atoms with Gasteiger partial charge in [0, 0.05) is 10.7 Å². The van der Waals surface area contributed by atoms with E-state index in [0.717, 1.165) is 0 Å². The van der Waals surface area contributed by atoms with Crippen LogP contribution in [-0.4, -0.2) is 27.0 Å². The Hall–Kier alpha value is -0.200. The van der Waals surface area contributed by atoms with Gasteiger partial charge in [0.15, 0.2) is 0 Å². The smallest absolute Gasteiger partial charge is 0.421 e. The van der Waals surface area contributed by atoms with Gasteiger partial charge in [-0.25, -0.2) is 9.52 Å². The summed E-state index contributed by atoms with van der Waals surface area (Å²) in [7, 11) is 0.585. The third kappa shape index (κ3) is 7.70. The highest BCUT2D eigenvalue weighted by Gasteiger charge is 2.10. The number of halogens is 2. The Kier molecular flexibility index (Phi) is 4.55. The molecule has 0 spiro atoms. The summed E-state index contributed by atoms with van der Waals surface area (Å²) in [5.74, 6) is 0.0930. The van der Waals surface area contributed by atoms with Crippen molar-refractivity contribution in [1.29, 1.82) is 0 Å². The second kappa shape index (κ2) is 4.63. The van der Waals surface area contributed by atoms with Crippen LogP contribution in [0.15, 0.2) is 0 Å². The van der Waals surface area contributed by atoms with Crippen LogP contribution < -0.4 is 4.72 Å². The van der Waals surface area contributed by atoms with Crippen molar-refractivity contribution in [1.82, 2.24) is 4.72 Å². The molecule has 11 heavy (non-hydrogen) atoms. The molecule has 0 aromatic rings. The molecule has 0 radical (unpaired) electrons. The highest BCUT2D eigenvalue weighted by Crippen LogP contribution is 1.90. The first-order chi connectivity index (χ1) is 4.95. The number of ether oxygens (including phenoxy) is 1. The van der Waals surface area contributed by atoms with Crippen LogP contribution in [0.5, 0.6) is 0 Å². The zero-order valence-corrected chi connectivity index (χ0v) is 7.54. The van der Waals surface area contributed by atoms with E-state index < -0.39 is 15.3 Å². The van der Waals surface area contributed by atoms with Crippen molar-refractivity contribution in [2.45, 2.75) is 0 Å². The number of carbonyl (C=O) groups is 1. The van der Waals surface area contributed by atoms with E-state index in [2.05, 4.69) is 15.4 Å². The minimum absolute atomic E-state index is 0.0696. The van der Waals surface area contributed by atoms with E-state index in [1.165, 1.54) is 4.72 Å². The van der Waals surface area contributed by atoms with Gasteiger partial charge in [0.2, 0.25) is 0 Å². The Labute approximate surface area is 73.2 Å². The first-order valence-corrected chi connectivity index (χ1v) is 5.25. The molecule has 0 aromatic heterocycles. The van der Waals surface area contributed by atoms with E-state index >= 15 is 0 Å². The summed E-state index contributed by atoms with van der Waals surface area (Å²) in [6.45, 7) is -0.0696. The van der Waals surface area contributed by atoms with Gasteiger partial charge in [-0.15, -0.1) is 11.6 Å². The first-order valence-electron chi connectivity index (χ1n) is 2.41. The summed E-state index contributed by atoms with van der Waals surface area (Å²) in [5, 5.41) is 0. The number of nitrogens with one attached hydrogen (secondary N) is 1. The zero-order chi connectivity index (χ0) is 8.91. The van der Waals surface area contributed by atoms with Gasteiger partial charge in [-0.05, 0) is 0 Å². The second-order valence-electron chi connectivity index (χ2n) is 1.36. The minimum atomic E-state index is -4.05. The van der Waals surface area contributed by atoms with Crippen molar-refractivity contribution in [3.63, 3.8) is 0 Å². The molecule has 0 saturated heterocycles. The van der Waals surface area contributed by atoms with E-state index in [4.69, 9.17) is 11.6 Å². The van der Waals surface area contributed by atoms with Crippen LogP contribution in [0.1, 0.15) is 0 Å². The molecule has 0 bridgehead atoms. The molecule has 1 N–H and O–H groups in total. The number of rotatable bonds is 3. The molecule has 0 aromatic carbocycles. The number of hydrogen-bond acceptors (Lipinski definition) is 4. The molecule has 0 atom stereocenters. The molecular formula is C3H5Cl2NO4S. The third-order valence-electron chi connectivity index (χ3n) is 0.516. The van der Waals surface area contributed by atoms with Gasteiger partial charge in [-0.2, -0.15) is 8.42 Å². The fraction of sp³-hybridized carbons (Fsp3) is 0.667. The lowest BCUT2D eigenvalue weighted by Crippen LogP contribution is -2.27. The molecule has 0 saturated carbocycles. The molecule has 0 aliphatic carbocycles. The van der Waals surface area contributed by atoms with Crippen molar-refractivity contribution in [3.05, 3.63) is 0 Å². The van der Waals surface area contributed by atoms with Crippen molar-refractivity contribution < 1.29 is 17.9 Å². The summed E-state index contributed by atoms with van der Waals surface area (Å²) in [6.07, 6.45) is -1.14. The number of hydrogen-bond donors (Lipinski definition) is 1. The third-order valence-corrected chi connectivity index (χ3v) is 1.31. The summed E-state index contributed by atoms with van der Waals surface area (Å²) in [5.41, 5.74) is 0. The maximum atomic E-state index is 10.4. The van der Waals surface area contributed by atoms with Crippen molar-refractivity contribution in [2.75, 3.05) is 12.5 Å². The van der Waals surface area contributed by atoms with Crippen LogP contribution in [-0.2, 0) is 14.0 Å². The summed E-state index contributed by atoms with van der Waals surface area (Å²) >= 11 is 5.13. The van der Waals surface area contributed by atoms with Crippen LogP contribution >= 0.6 is 22.3 Å². The maximum Gasteiger partial charge on any atom is 0.421 e. The Balaban J connectivity index is 3.71. The van der Waals surface area contributed by atoms with E-state index in [-0.39, 0.29) is 12.5 Å². The molecular weight excluding hydrogens is 217 g/mol. The molecule has 0 aliphatic rings. The standard InChI is InChI=1S/C3H5Cl2NO4S/c4-1-2-10-3(7)6-11(5,8)9/h1-2H2,(H,6,7). The predicted octanol–water partition coefficient (Wildman–Crippen LogP) is 0.435. The Bertz CT molecular complexity index is 225. The second-order valence-corrected chi connectivity index (χ2v) is 4.04. The Morgan fingerprint density at radius 3 is 2.45 bits per heavy atom. The highest BCUT2D eigenvalue weighted by atomic mass is 35.7. The average molecular weight is 222 g/mol. The SMILES string of the molecule is O=C(NS(=O)(=O)Cl)OCCCl. The molecule has 1 amide bonds. The van der Waals surface area contributed by atoms with Crippen LogP contribution in [0.3, 0.4) is 0 Å². The van der Waals surface area contributed by atoms with Gasteiger partial charge >= 0.3 is 15.3 Å². The van der Waals surface area contributed by atoms with Gasteiger partial charge in [-0.1, -0.05) is 0 Å². The van der Waals surface area contributed by atoms with E-state index in [9.17, 15) is 13.2 Å². The lowest BCUT2D eigenvalue weighted by atomic mass is 10.9. The summed E-state index contributed by atoms with van der Waals surface area (Å²) in [6, 6.07) is 0. The van der Waals surface area contributed by atoms with Gasteiger partial charge in [0.1, 0.15) is 6.61 Å². The molecule has 0 unspecified atom stereocenters. The van der Waals surface area contributed by atoms with Gasteiger partial charge < -0.3 is 4.74 Å². The molecule has 66 valence electrons. The zero-order valence-electron chi connectivity index (χ0n) is 5.21. The average Bonchev–Trinajstić information content (AvgIpc) is 1.79. The van der Waals surface area contributed by atoms with Crippen molar-refractivity contribution in [3.8, 4) is 0 Å². The monoisotopic (exact) mass is 221 g/mol. The fourth-order valence-electron chi connectivity index (χ4n) is 0.260. The molecule has 8 heteroatoms. The first kappa shape index (κ1) is 10.8. The van der Waals surface area contributed by atoms with E-state index in [1.807, 2.05) is 0 Å². The van der Waals surface area contributed by atoms with E-state index in [0.29, 0.717) is 0 Å². The molecule has 0 heterocycles. The van der Waals surface area contributed by atoms with Crippen LogP contribution in [0.2, 0.25) is 0 Å². The molecule has 5 nitrogen and oxygen atoms in total. The van der Waals surface area contributed by atoms with Crippen molar-refractivity contribution >= 4 is 37.6 Å². The lowest BCUT2D eigenvalue weighted by Gasteiger charge is -2.00. The van der Waals surface area contributed by atoms with Crippen LogP contribution in [0, 0.1) is 0 Å². The number of alkyl halides is 1. The number of amides is 1. The number of carbonyl (C=O) groups excluding carboxylic acids is 1. The Morgan fingerprint density at radius 1 is 1.55 bits per heavy atom. The predicted molar refractivity (Wildman–Crippen MR) is 40.0 cm³/mol. The summed E-state index contributed by atoms with van der Waals surface area (Å²) < 4.78 is 25.8. The van der Waals surface area contributed by atoms with E-state index in [1.54, 1.807) is 0 Å². The Morgan fingerprint density at radius 2 is 2.09 bits per heavy atom. The minimum Gasteiger partial charge on any atom is -0.448 e. The fourth-order valence-corrected chi connectivity index (χ4v) is 0.784. The van der Waals surface area contributed by atoms with Crippen LogP contribution in [0.25, 0.3) is 0 Å². The molecule has 0 fully saturated rings. The summed E-state index contributed by atoms with van der Waals surface area (Å²) in [4.78, 5) is 10.4. The van der Waals surface area contributed by atoms with Crippen LogP contribution in [0.4, 0.5) is 4.79 Å². The normalized spacial score (nSPS) is 10.7. The van der Waals surface area contributed by atoms with Gasteiger partial charge in [0.05, 0.1) is 5.88 Å². The highest BCUT2D eigenvalue weighted by molar-refractivity contribution is 8.12. The quantitative estimate of drug-likeness (QED) is 0.555. The maximum absolute atomic E-state index is 10.4. The molecule has 0 rings (SSSR count). The largest absolute Gasteiger partial charge is 0.448 e.